The molecular formula is C17H14F3N3O4S2. The topological polar surface area (TPSA) is 105 Å². The summed E-state index contributed by atoms with van der Waals surface area (Å²) in [5.41, 5.74) is -0.976. The molecule has 7 nitrogen and oxygen atoms in total. The molecule has 0 fully saturated rings. The molecule has 0 spiro atoms. The highest BCUT2D eigenvalue weighted by molar-refractivity contribution is 7.99. The third-order valence-electron chi connectivity index (χ3n) is 3.72. The van der Waals surface area contributed by atoms with Gasteiger partial charge in [-0.25, -0.2) is 9.97 Å². The maximum absolute atomic E-state index is 12.7. The van der Waals surface area contributed by atoms with E-state index in [0.717, 1.165) is 28.9 Å². The van der Waals surface area contributed by atoms with Gasteiger partial charge in [-0.15, -0.1) is 11.3 Å². The van der Waals surface area contributed by atoms with Crippen LogP contribution in [0.5, 0.6) is 0 Å². The number of thiophene rings is 1. The van der Waals surface area contributed by atoms with Gasteiger partial charge < -0.3 is 14.8 Å². The molecule has 0 saturated heterocycles. The van der Waals surface area contributed by atoms with Crippen LogP contribution in [0.2, 0.25) is 0 Å². The molecule has 3 aromatic rings. The Morgan fingerprint density at radius 1 is 1.38 bits per heavy atom. The minimum atomic E-state index is -4.59. The normalized spacial score (nSPS) is 12.9. The molecule has 12 heteroatoms. The van der Waals surface area contributed by atoms with E-state index in [-0.39, 0.29) is 33.9 Å². The highest BCUT2D eigenvalue weighted by atomic mass is 32.2. The van der Waals surface area contributed by atoms with E-state index in [9.17, 15) is 22.8 Å². The summed E-state index contributed by atoms with van der Waals surface area (Å²) in [5, 5.41) is 11.4. The molecule has 0 aliphatic heterocycles. The Bertz CT molecular complexity index is 1050. The summed E-state index contributed by atoms with van der Waals surface area (Å²) in [6.45, 7) is 1.10. The summed E-state index contributed by atoms with van der Waals surface area (Å²) in [4.78, 5) is 32.1. The van der Waals surface area contributed by atoms with Gasteiger partial charge in [0.15, 0.2) is 11.4 Å². The number of carbonyl (C=O) groups is 2. The van der Waals surface area contributed by atoms with Gasteiger partial charge in [0.1, 0.15) is 17.8 Å². The monoisotopic (exact) mass is 445 g/mol. The number of hydrogen-bond donors (Lipinski definition) is 2. The number of oxazole rings is 1. The summed E-state index contributed by atoms with van der Waals surface area (Å²) in [5.74, 6) is -0.763. The quantitative estimate of drug-likeness (QED) is 0.424. The van der Waals surface area contributed by atoms with E-state index in [1.54, 1.807) is 19.1 Å². The second-order valence-corrected chi connectivity index (χ2v) is 7.92. The second-order valence-electron chi connectivity index (χ2n) is 5.88. The van der Waals surface area contributed by atoms with E-state index in [1.807, 2.05) is 0 Å². The Morgan fingerprint density at radius 2 is 2.14 bits per heavy atom. The number of fused-ring (bicyclic) bond motifs is 1. The van der Waals surface area contributed by atoms with Gasteiger partial charge >= 0.3 is 6.18 Å². The van der Waals surface area contributed by atoms with Gasteiger partial charge in [-0.1, -0.05) is 11.8 Å². The lowest BCUT2D eigenvalue weighted by Crippen LogP contribution is -2.28. The number of aliphatic hydroxyl groups excluding tert-OH is 1. The lowest BCUT2D eigenvalue weighted by Gasteiger charge is -2.10. The van der Waals surface area contributed by atoms with Crippen LogP contribution in [0.1, 0.15) is 33.2 Å². The van der Waals surface area contributed by atoms with Crippen LogP contribution in [-0.2, 0) is 11.0 Å². The number of pyridine rings is 1. The molecule has 0 bridgehead atoms. The van der Waals surface area contributed by atoms with Gasteiger partial charge in [0.25, 0.3) is 5.22 Å². The smallest absolute Gasteiger partial charge is 0.431 e. The first-order chi connectivity index (χ1) is 13.7. The van der Waals surface area contributed by atoms with Crippen LogP contribution in [-0.4, -0.2) is 39.1 Å². The summed E-state index contributed by atoms with van der Waals surface area (Å²) in [6, 6.07) is 3.73. The van der Waals surface area contributed by atoms with Crippen LogP contribution >= 0.6 is 23.1 Å². The van der Waals surface area contributed by atoms with E-state index in [4.69, 9.17) is 9.52 Å². The third-order valence-corrected chi connectivity index (χ3v) is 5.86. The first-order valence-electron chi connectivity index (χ1n) is 8.17. The van der Waals surface area contributed by atoms with Crippen LogP contribution in [0.15, 0.2) is 34.0 Å². The molecule has 154 valence electrons. The number of ketones is 1. The predicted octanol–water partition coefficient (Wildman–Crippen LogP) is 3.45. The van der Waals surface area contributed by atoms with E-state index >= 15 is 0 Å². The van der Waals surface area contributed by atoms with E-state index in [2.05, 4.69) is 15.3 Å². The van der Waals surface area contributed by atoms with Gasteiger partial charge in [0, 0.05) is 10.9 Å². The number of rotatable bonds is 7. The van der Waals surface area contributed by atoms with Crippen molar-refractivity contribution in [3.63, 3.8) is 0 Å². The van der Waals surface area contributed by atoms with Crippen molar-refractivity contribution < 1.29 is 32.3 Å². The first-order valence-corrected chi connectivity index (χ1v) is 9.97. The molecule has 1 atom stereocenters. The van der Waals surface area contributed by atoms with Gasteiger partial charge in [-0.3, -0.25) is 9.59 Å². The number of hydrogen-bond acceptors (Lipinski definition) is 8. The first kappa shape index (κ1) is 21.3. The minimum Gasteiger partial charge on any atom is -0.431 e. The predicted molar refractivity (Wildman–Crippen MR) is 99.8 cm³/mol. The van der Waals surface area contributed by atoms with Crippen LogP contribution < -0.4 is 5.32 Å². The lowest BCUT2D eigenvalue weighted by atomic mass is 10.2. The van der Waals surface area contributed by atoms with E-state index < -0.39 is 24.4 Å². The van der Waals surface area contributed by atoms with Crippen molar-refractivity contribution in [2.24, 2.45) is 0 Å². The van der Waals surface area contributed by atoms with Crippen molar-refractivity contribution in [2.75, 3.05) is 12.4 Å². The number of nitrogens with one attached hydrogen (secondary N) is 1. The van der Waals surface area contributed by atoms with Crippen molar-refractivity contribution >= 4 is 45.9 Å². The molecule has 0 aliphatic rings. The molecule has 3 heterocycles. The number of thioether (sulfide) groups is 1. The van der Waals surface area contributed by atoms with Gasteiger partial charge in [0.05, 0.1) is 22.9 Å². The number of Topliss-reactive ketones (excluding diaryl/α,β-unsaturated/α-hetero) is 1. The highest BCUT2D eigenvalue weighted by Gasteiger charge is 2.33. The Labute approximate surface area is 170 Å². The van der Waals surface area contributed by atoms with E-state index in [1.165, 1.54) is 11.3 Å². The fourth-order valence-corrected chi connectivity index (χ4v) is 4.08. The largest absolute Gasteiger partial charge is 0.433 e. The zero-order valence-electron chi connectivity index (χ0n) is 14.8. The molecule has 0 aliphatic carbocycles. The van der Waals surface area contributed by atoms with Crippen molar-refractivity contribution in [1.29, 1.82) is 0 Å². The van der Waals surface area contributed by atoms with Crippen molar-refractivity contribution in [3.05, 3.63) is 39.8 Å². The minimum absolute atomic E-state index is 0.0241. The second kappa shape index (κ2) is 8.51. The number of carbonyl (C=O) groups excluding carboxylic acids is 2. The fraction of sp³-hybridized carbons (Fsp3) is 0.294. The molecule has 0 saturated carbocycles. The highest BCUT2D eigenvalue weighted by Crippen LogP contribution is 2.31. The maximum Gasteiger partial charge on any atom is 0.433 e. The van der Waals surface area contributed by atoms with Gasteiger partial charge in [-0.05, 0) is 19.1 Å². The molecule has 3 rings (SSSR count). The Morgan fingerprint density at radius 3 is 2.83 bits per heavy atom. The number of aliphatic hydroxyl groups is 1. The summed E-state index contributed by atoms with van der Waals surface area (Å²) in [7, 11) is 0. The van der Waals surface area contributed by atoms with Crippen molar-refractivity contribution in [1.82, 2.24) is 15.3 Å². The zero-order valence-corrected chi connectivity index (χ0v) is 16.5. The summed E-state index contributed by atoms with van der Waals surface area (Å²) >= 11 is 2.16. The summed E-state index contributed by atoms with van der Waals surface area (Å²) < 4.78 is 43.4. The molecule has 2 N–H and O–H groups in total. The van der Waals surface area contributed by atoms with Crippen LogP contribution in [0, 0.1) is 0 Å². The number of halogens is 3. The van der Waals surface area contributed by atoms with Crippen LogP contribution in [0.4, 0.5) is 13.2 Å². The molecule has 1 amide bonds. The molecule has 0 aromatic carbocycles. The average Bonchev–Trinajstić information content (AvgIpc) is 3.31. The number of nitrogens with zero attached hydrogens (tertiary/aromatic N) is 2. The number of amides is 1. The molecule has 0 unspecified atom stereocenters. The molecular weight excluding hydrogens is 431 g/mol. The van der Waals surface area contributed by atoms with Crippen molar-refractivity contribution in [3.8, 4) is 0 Å². The number of alkyl halides is 3. The Balaban J connectivity index is 1.64. The van der Waals surface area contributed by atoms with E-state index in [0.29, 0.717) is 4.88 Å². The fourth-order valence-electron chi connectivity index (χ4n) is 2.32. The Hall–Kier alpha value is -2.44. The molecule has 0 radical (unpaired) electrons. The standard InChI is InChI=1S/C17H14F3N3O4S2/c1-8(22-15(26)6-24)12-2-3-13(29-12)10(25)7-28-16-23-9-5-21-14(17(18,19)20)4-11(9)27-16/h2-5,8,24H,6-7H2,1H3,(H,22,26)/t8-/m1/s1. The average molecular weight is 445 g/mol. The Kier molecular flexibility index (Phi) is 6.24. The van der Waals surface area contributed by atoms with Crippen LogP contribution in [0.25, 0.3) is 11.1 Å². The SMILES string of the molecule is C[C@@H](NC(=O)CO)c1ccc(C(=O)CSc2nc3cnc(C(F)(F)F)cc3o2)s1. The third kappa shape index (κ3) is 5.14. The molecule has 3 aromatic heterocycles. The zero-order chi connectivity index (χ0) is 21.2. The maximum atomic E-state index is 12.7. The van der Waals surface area contributed by atoms with Gasteiger partial charge in [-0.2, -0.15) is 13.2 Å². The summed E-state index contributed by atoms with van der Waals surface area (Å²) in [6.07, 6.45) is -3.62. The molecule has 29 heavy (non-hydrogen) atoms. The lowest BCUT2D eigenvalue weighted by molar-refractivity contribution is -0.141. The number of aromatic nitrogens is 2. The van der Waals surface area contributed by atoms with Crippen LogP contribution in [0.3, 0.4) is 0 Å². The van der Waals surface area contributed by atoms with Gasteiger partial charge in [0.2, 0.25) is 5.91 Å². The van der Waals surface area contributed by atoms with Crippen molar-refractivity contribution in [2.45, 2.75) is 24.4 Å².